The Balaban J connectivity index is 2.18. The van der Waals surface area contributed by atoms with Gasteiger partial charge in [0.15, 0.2) is 0 Å². The summed E-state index contributed by atoms with van der Waals surface area (Å²) < 4.78 is 5.37. The molecule has 0 spiro atoms. The highest BCUT2D eigenvalue weighted by Crippen LogP contribution is 2.29. The molecule has 0 aromatic rings. The number of nitrogens with zero attached hydrogens (tertiary/aromatic N) is 1. The SMILES string of the molecule is CCC1NC(=O)C(C)(CC)N(CC2CCOCC2)C1=O. The fraction of sp³-hybridized carbons (Fsp3) is 0.867. The quantitative estimate of drug-likeness (QED) is 0.846. The second kappa shape index (κ2) is 6.12. The van der Waals surface area contributed by atoms with Crippen LogP contribution in [0.5, 0.6) is 0 Å². The third kappa shape index (κ3) is 2.68. The van der Waals surface area contributed by atoms with Crippen LogP contribution in [0.3, 0.4) is 0 Å². The number of hydrogen-bond donors (Lipinski definition) is 1. The zero-order chi connectivity index (χ0) is 14.8. The lowest BCUT2D eigenvalue weighted by atomic mass is 9.87. The van der Waals surface area contributed by atoms with Crippen molar-refractivity contribution >= 4 is 11.8 Å². The molecule has 0 aliphatic carbocycles. The molecule has 0 aromatic heterocycles. The van der Waals surface area contributed by atoms with Crippen LogP contribution in [0.2, 0.25) is 0 Å². The number of carbonyl (C=O) groups is 2. The van der Waals surface area contributed by atoms with Gasteiger partial charge >= 0.3 is 0 Å². The van der Waals surface area contributed by atoms with E-state index in [2.05, 4.69) is 5.32 Å². The van der Waals surface area contributed by atoms with Gasteiger partial charge in [-0.25, -0.2) is 0 Å². The van der Waals surface area contributed by atoms with Gasteiger partial charge in [0, 0.05) is 19.8 Å². The molecule has 2 atom stereocenters. The van der Waals surface area contributed by atoms with Gasteiger partial charge in [0.1, 0.15) is 11.6 Å². The van der Waals surface area contributed by atoms with Crippen LogP contribution >= 0.6 is 0 Å². The summed E-state index contributed by atoms with van der Waals surface area (Å²) in [6.45, 7) is 7.99. The van der Waals surface area contributed by atoms with Gasteiger partial charge in [0.25, 0.3) is 0 Å². The van der Waals surface area contributed by atoms with Crippen molar-refractivity contribution in [1.29, 1.82) is 0 Å². The van der Waals surface area contributed by atoms with Gasteiger partial charge < -0.3 is 15.0 Å². The zero-order valence-electron chi connectivity index (χ0n) is 12.8. The number of piperazine rings is 1. The molecule has 1 N–H and O–H groups in total. The highest BCUT2D eigenvalue weighted by atomic mass is 16.5. The summed E-state index contributed by atoms with van der Waals surface area (Å²) in [6, 6.07) is -0.359. The van der Waals surface area contributed by atoms with E-state index >= 15 is 0 Å². The maximum absolute atomic E-state index is 12.6. The van der Waals surface area contributed by atoms with Crippen molar-refractivity contribution < 1.29 is 14.3 Å². The van der Waals surface area contributed by atoms with Crippen LogP contribution in [0.25, 0.3) is 0 Å². The van der Waals surface area contributed by atoms with Gasteiger partial charge in [-0.05, 0) is 38.5 Å². The minimum absolute atomic E-state index is 0.0153. The molecular formula is C15H26N2O3. The Morgan fingerprint density at radius 1 is 1.30 bits per heavy atom. The molecule has 5 nitrogen and oxygen atoms in total. The van der Waals surface area contributed by atoms with E-state index < -0.39 is 5.54 Å². The van der Waals surface area contributed by atoms with E-state index in [1.165, 1.54) is 0 Å². The summed E-state index contributed by atoms with van der Waals surface area (Å²) in [5.74, 6) is 0.503. The third-order valence-corrected chi connectivity index (χ3v) is 4.83. The number of nitrogens with one attached hydrogen (secondary N) is 1. The van der Waals surface area contributed by atoms with Crippen LogP contribution in [0.1, 0.15) is 46.5 Å². The van der Waals surface area contributed by atoms with Crippen molar-refractivity contribution in [3.05, 3.63) is 0 Å². The second-order valence-corrected chi connectivity index (χ2v) is 6.07. The predicted octanol–water partition coefficient (Wildman–Crippen LogP) is 1.32. The molecule has 2 heterocycles. The third-order valence-electron chi connectivity index (χ3n) is 4.83. The van der Waals surface area contributed by atoms with Gasteiger partial charge in [-0.2, -0.15) is 0 Å². The van der Waals surface area contributed by atoms with Crippen LogP contribution in [0, 0.1) is 5.92 Å². The van der Waals surface area contributed by atoms with Crippen LogP contribution in [-0.4, -0.2) is 48.1 Å². The first-order chi connectivity index (χ1) is 9.52. The Labute approximate surface area is 121 Å². The Bertz CT molecular complexity index is 379. The predicted molar refractivity (Wildman–Crippen MR) is 76.2 cm³/mol. The van der Waals surface area contributed by atoms with Crippen LogP contribution < -0.4 is 5.32 Å². The van der Waals surface area contributed by atoms with Crippen molar-refractivity contribution in [2.45, 2.75) is 58.0 Å². The van der Waals surface area contributed by atoms with Crippen LogP contribution in [0.15, 0.2) is 0 Å². The smallest absolute Gasteiger partial charge is 0.246 e. The lowest BCUT2D eigenvalue weighted by Gasteiger charge is -2.47. The molecule has 2 amide bonds. The first-order valence-corrected chi connectivity index (χ1v) is 7.73. The topological polar surface area (TPSA) is 58.6 Å². The summed E-state index contributed by atoms with van der Waals surface area (Å²) in [5, 5.41) is 2.87. The summed E-state index contributed by atoms with van der Waals surface area (Å²) >= 11 is 0. The van der Waals surface area contributed by atoms with E-state index in [4.69, 9.17) is 4.74 Å². The van der Waals surface area contributed by atoms with E-state index in [9.17, 15) is 9.59 Å². The lowest BCUT2D eigenvalue weighted by molar-refractivity contribution is -0.158. The Kier molecular flexibility index (Phi) is 4.68. The van der Waals surface area contributed by atoms with Crippen molar-refractivity contribution in [2.24, 2.45) is 5.92 Å². The molecule has 2 saturated heterocycles. The van der Waals surface area contributed by atoms with Gasteiger partial charge in [0.05, 0.1) is 0 Å². The standard InChI is InChI=1S/C15H26N2O3/c1-4-12-13(18)17(10-11-6-8-20-9-7-11)15(3,5-2)14(19)16-12/h11-12H,4-10H2,1-3H3,(H,16,19). The Morgan fingerprint density at radius 3 is 2.50 bits per heavy atom. The zero-order valence-corrected chi connectivity index (χ0v) is 12.8. The second-order valence-electron chi connectivity index (χ2n) is 6.07. The molecule has 2 unspecified atom stereocenters. The summed E-state index contributed by atoms with van der Waals surface area (Å²) in [5.41, 5.74) is -0.707. The maximum atomic E-state index is 12.6. The summed E-state index contributed by atoms with van der Waals surface area (Å²) in [7, 11) is 0. The highest BCUT2D eigenvalue weighted by Gasteiger charge is 2.48. The van der Waals surface area contributed by atoms with E-state index in [0.717, 1.165) is 26.1 Å². The molecule has 5 heteroatoms. The monoisotopic (exact) mass is 282 g/mol. The van der Waals surface area contributed by atoms with Crippen molar-refractivity contribution in [1.82, 2.24) is 10.2 Å². The fourth-order valence-electron chi connectivity index (χ4n) is 3.04. The minimum Gasteiger partial charge on any atom is -0.381 e. The number of carbonyl (C=O) groups excluding carboxylic acids is 2. The number of rotatable bonds is 4. The molecule has 0 bridgehead atoms. The molecule has 0 radical (unpaired) electrons. The lowest BCUT2D eigenvalue weighted by Crippen LogP contribution is -2.69. The van der Waals surface area contributed by atoms with E-state index in [0.29, 0.717) is 25.3 Å². The molecule has 0 saturated carbocycles. The minimum atomic E-state index is -0.707. The molecule has 114 valence electrons. The fourth-order valence-corrected chi connectivity index (χ4v) is 3.04. The number of ether oxygens (including phenoxy) is 1. The van der Waals surface area contributed by atoms with Crippen LogP contribution in [0.4, 0.5) is 0 Å². The largest absolute Gasteiger partial charge is 0.381 e. The average Bonchev–Trinajstić information content (AvgIpc) is 2.48. The number of hydrogen-bond acceptors (Lipinski definition) is 3. The number of amides is 2. The Morgan fingerprint density at radius 2 is 1.95 bits per heavy atom. The van der Waals surface area contributed by atoms with Gasteiger partial charge in [-0.15, -0.1) is 0 Å². The molecular weight excluding hydrogens is 256 g/mol. The first-order valence-electron chi connectivity index (χ1n) is 7.73. The van der Waals surface area contributed by atoms with Crippen LogP contribution in [-0.2, 0) is 14.3 Å². The van der Waals surface area contributed by atoms with Crippen molar-refractivity contribution in [2.75, 3.05) is 19.8 Å². The normalized spacial score (nSPS) is 32.4. The molecule has 2 fully saturated rings. The summed E-state index contributed by atoms with van der Waals surface area (Å²) in [4.78, 5) is 26.8. The molecule has 0 aromatic carbocycles. The highest BCUT2D eigenvalue weighted by molar-refractivity contribution is 5.99. The van der Waals surface area contributed by atoms with Gasteiger partial charge in [0.2, 0.25) is 11.8 Å². The summed E-state index contributed by atoms with van der Waals surface area (Å²) in [6.07, 6.45) is 3.24. The van der Waals surface area contributed by atoms with Crippen molar-refractivity contribution in [3.63, 3.8) is 0 Å². The van der Waals surface area contributed by atoms with E-state index in [1.807, 2.05) is 25.7 Å². The molecule has 2 aliphatic heterocycles. The van der Waals surface area contributed by atoms with Gasteiger partial charge in [-0.3, -0.25) is 9.59 Å². The average molecular weight is 282 g/mol. The van der Waals surface area contributed by atoms with E-state index in [1.54, 1.807) is 0 Å². The van der Waals surface area contributed by atoms with E-state index in [-0.39, 0.29) is 17.9 Å². The first kappa shape index (κ1) is 15.3. The maximum Gasteiger partial charge on any atom is 0.246 e. The van der Waals surface area contributed by atoms with Crippen molar-refractivity contribution in [3.8, 4) is 0 Å². The molecule has 2 rings (SSSR count). The Hall–Kier alpha value is -1.10. The molecule has 20 heavy (non-hydrogen) atoms. The molecule has 2 aliphatic rings. The van der Waals surface area contributed by atoms with Gasteiger partial charge in [-0.1, -0.05) is 13.8 Å².